The Morgan fingerprint density at radius 1 is 1.05 bits per heavy atom. The summed E-state index contributed by atoms with van der Waals surface area (Å²) in [7, 11) is 1.63. The summed E-state index contributed by atoms with van der Waals surface area (Å²) < 4.78 is 21.3. The van der Waals surface area contributed by atoms with Gasteiger partial charge in [-0.2, -0.15) is 0 Å². The van der Waals surface area contributed by atoms with E-state index in [1.54, 1.807) is 7.11 Å². The monoisotopic (exact) mass is 270 g/mol. The molecule has 0 radical (unpaired) electrons. The Bertz CT molecular complexity index is 354. The molecule has 5 heteroatoms. The van der Waals surface area contributed by atoms with Crippen molar-refractivity contribution in [2.24, 2.45) is 0 Å². The van der Waals surface area contributed by atoms with E-state index in [-0.39, 0.29) is 6.61 Å². The van der Waals surface area contributed by atoms with Gasteiger partial charge >= 0.3 is 0 Å². The van der Waals surface area contributed by atoms with Crippen LogP contribution in [0, 0.1) is 0 Å². The molecule has 0 amide bonds. The number of ether oxygens (including phenoxy) is 4. The fraction of sp³-hybridized carbons (Fsp3) is 0.571. The zero-order chi connectivity index (χ0) is 13.9. The Morgan fingerprint density at radius 2 is 1.84 bits per heavy atom. The second-order valence-corrected chi connectivity index (χ2v) is 3.79. The van der Waals surface area contributed by atoms with Crippen LogP contribution in [0.25, 0.3) is 0 Å². The fourth-order valence-electron chi connectivity index (χ4n) is 1.57. The van der Waals surface area contributed by atoms with Crippen molar-refractivity contribution in [2.45, 2.75) is 13.5 Å². The first-order valence-electron chi connectivity index (χ1n) is 6.38. The fourth-order valence-corrected chi connectivity index (χ4v) is 1.57. The van der Waals surface area contributed by atoms with Gasteiger partial charge in [-0.3, -0.25) is 0 Å². The topological polar surface area (TPSA) is 57.2 Å². The maximum absolute atomic E-state index is 9.30. The quantitative estimate of drug-likeness (QED) is 0.655. The molecular formula is C14H22O5. The molecule has 0 spiro atoms. The van der Waals surface area contributed by atoms with Crippen molar-refractivity contribution in [3.05, 3.63) is 23.8 Å². The summed E-state index contributed by atoms with van der Waals surface area (Å²) >= 11 is 0. The molecule has 0 unspecified atom stereocenters. The third-order valence-corrected chi connectivity index (χ3v) is 2.44. The first-order chi connectivity index (χ1) is 9.33. The summed E-state index contributed by atoms with van der Waals surface area (Å²) in [5, 5.41) is 9.30. The molecule has 1 aromatic rings. The predicted molar refractivity (Wildman–Crippen MR) is 71.7 cm³/mol. The number of rotatable bonds is 10. The molecule has 0 aromatic heterocycles. The van der Waals surface area contributed by atoms with Crippen LogP contribution in [0.1, 0.15) is 12.5 Å². The van der Waals surface area contributed by atoms with Gasteiger partial charge in [-0.15, -0.1) is 0 Å². The molecule has 0 aliphatic rings. The summed E-state index contributed by atoms with van der Waals surface area (Å²) in [6.07, 6.45) is 0. The van der Waals surface area contributed by atoms with Gasteiger partial charge in [0.1, 0.15) is 6.61 Å². The highest BCUT2D eigenvalue weighted by atomic mass is 16.6. The number of hydrogen-bond donors (Lipinski definition) is 1. The lowest BCUT2D eigenvalue weighted by Crippen LogP contribution is -2.11. The van der Waals surface area contributed by atoms with E-state index in [0.29, 0.717) is 50.1 Å². The molecule has 1 N–H and O–H groups in total. The minimum Gasteiger partial charge on any atom is -0.490 e. The Labute approximate surface area is 114 Å². The smallest absolute Gasteiger partial charge is 0.166 e. The summed E-state index contributed by atoms with van der Waals surface area (Å²) in [5.41, 5.74) is 0.711. The Hall–Kier alpha value is -1.30. The average molecular weight is 270 g/mol. The SMILES string of the molecule is CCOc1cccc(CO)c1OCCOCCOC. The summed E-state index contributed by atoms with van der Waals surface area (Å²) in [6, 6.07) is 5.46. The molecule has 1 rings (SSSR count). The average Bonchev–Trinajstić information content (AvgIpc) is 2.44. The Balaban J connectivity index is 2.50. The number of aliphatic hydroxyl groups is 1. The zero-order valence-electron chi connectivity index (χ0n) is 11.6. The summed E-state index contributed by atoms with van der Waals surface area (Å²) in [4.78, 5) is 0. The minimum absolute atomic E-state index is 0.0826. The van der Waals surface area contributed by atoms with Gasteiger partial charge < -0.3 is 24.1 Å². The maximum atomic E-state index is 9.30. The highest BCUT2D eigenvalue weighted by molar-refractivity contribution is 5.46. The highest BCUT2D eigenvalue weighted by Gasteiger charge is 2.10. The molecule has 0 saturated carbocycles. The lowest BCUT2D eigenvalue weighted by molar-refractivity contribution is 0.0535. The van der Waals surface area contributed by atoms with Gasteiger partial charge in [0, 0.05) is 12.7 Å². The van der Waals surface area contributed by atoms with Gasteiger partial charge in [-0.05, 0) is 13.0 Å². The van der Waals surface area contributed by atoms with E-state index in [1.165, 1.54) is 0 Å². The molecule has 1 aromatic carbocycles. The van der Waals surface area contributed by atoms with Gasteiger partial charge in [0.15, 0.2) is 11.5 Å². The molecule has 0 saturated heterocycles. The lowest BCUT2D eigenvalue weighted by atomic mass is 10.2. The van der Waals surface area contributed by atoms with Crippen molar-refractivity contribution < 1.29 is 24.1 Å². The van der Waals surface area contributed by atoms with Crippen molar-refractivity contribution in [1.29, 1.82) is 0 Å². The molecule has 0 fully saturated rings. The van der Waals surface area contributed by atoms with Crippen LogP contribution in [0.3, 0.4) is 0 Å². The second kappa shape index (κ2) is 9.61. The van der Waals surface area contributed by atoms with E-state index in [9.17, 15) is 5.11 Å². The van der Waals surface area contributed by atoms with Gasteiger partial charge in [0.2, 0.25) is 0 Å². The van der Waals surface area contributed by atoms with E-state index in [1.807, 2.05) is 25.1 Å². The third-order valence-electron chi connectivity index (χ3n) is 2.44. The first kappa shape index (κ1) is 15.8. The number of methoxy groups -OCH3 is 1. The van der Waals surface area contributed by atoms with Crippen LogP contribution in [-0.2, 0) is 16.1 Å². The van der Waals surface area contributed by atoms with Crippen LogP contribution in [0.2, 0.25) is 0 Å². The van der Waals surface area contributed by atoms with Crippen LogP contribution < -0.4 is 9.47 Å². The maximum Gasteiger partial charge on any atom is 0.166 e. The molecular weight excluding hydrogens is 248 g/mol. The molecule has 0 aliphatic heterocycles. The number of aliphatic hydroxyl groups excluding tert-OH is 1. The number of hydrogen-bond acceptors (Lipinski definition) is 5. The Kier molecular flexibility index (Phi) is 7.97. The third kappa shape index (κ3) is 5.46. The van der Waals surface area contributed by atoms with Crippen molar-refractivity contribution >= 4 is 0 Å². The molecule has 5 nitrogen and oxygen atoms in total. The van der Waals surface area contributed by atoms with Gasteiger partial charge in [-0.1, -0.05) is 12.1 Å². The molecule has 108 valence electrons. The van der Waals surface area contributed by atoms with E-state index >= 15 is 0 Å². The van der Waals surface area contributed by atoms with Crippen molar-refractivity contribution in [3.63, 3.8) is 0 Å². The van der Waals surface area contributed by atoms with Gasteiger partial charge in [-0.25, -0.2) is 0 Å². The molecule has 0 aliphatic carbocycles. The summed E-state index contributed by atoms with van der Waals surface area (Å²) in [5.74, 6) is 1.23. The standard InChI is InChI=1S/C14H22O5/c1-3-18-13-6-4-5-12(11-15)14(13)19-10-9-17-8-7-16-2/h4-6,15H,3,7-11H2,1-2H3. The van der Waals surface area contributed by atoms with Crippen LogP contribution in [0.4, 0.5) is 0 Å². The van der Waals surface area contributed by atoms with Crippen LogP contribution in [0.5, 0.6) is 11.5 Å². The number of benzene rings is 1. The normalized spacial score (nSPS) is 10.5. The summed E-state index contributed by atoms with van der Waals surface area (Å²) in [6.45, 7) is 4.35. The van der Waals surface area contributed by atoms with Gasteiger partial charge in [0.05, 0.1) is 33.0 Å². The van der Waals surface area contributed by atoms with E-state index in [2.05, 4.69) is 0 Å². The van der Waals surface area contributed by atoms with Crippen LogP contribution >= 0.6 is 0 Å². The first-order valence-corrected chi connectivity index (χ1v) is 6.38. The molecule has 0 atom stereocenters. The van der Waals surface area contributed by atoms with Crippen LogP contribution in [-0.4, -0.2) is 45.3 Å². The van der Waals surface area contributed by atoms with E-state index in [0.717, 1.165) is 0 Å². The Morgan fingerprint density at radius 3 is 2.53 bits per heavy atom. The number of para-hydroxylation sites is 1. The lowest BCUT2D eigenvalue weighted by Gasteiger charge is -2.15. The molecule has 0 heterocycles. The van der Waals surface area contributed by atoms with Crippen molar-refractivity contribution in [1.82, 2.24) is 0 Å². The molecule has 19 heavy (non-hydrogen) atoms. The van der Waals surface area contributed by atoms with Gasteiger partial charge in [0.25, 0.3) is 0 Å². The van der Waals surface area contributed by atoms with Crippen molar-refractivity contribution in [3.8, 4) is 11.5 Å². The highest BCUT2D eigenvalue weighted by Crippen LogP contribution is 2.31. The van der Waals surface area contributed by atoms with Crippen molar-refractivity contribution in [2.75, 3.05) is 40.1 Å². The minimum atomic E-state index is -0.0826. The van der Waals surface area contributed by atoms with Crippen LogP contribution in [0.15, 0.2) is 18.2 Å². The molecule has 0 bridgehead atoms. The zero-order valence-corrected chi connectivity index (χ0v) is 11.6. The largest absolute Gasteiger partial charge is 0.490 e. The van der Waals surface area contributed by atoms with E-state index in [4.69, 9.17) is 18.9 Å². The van der Waals surface area contributed by atoms with E-state index < -0.39 is 0 Å². The predicted octanol–water partition coefficient (Wildman–Crippen LogP) is 1.62. The second-order valence-electron chi connectivity index (χ2n) is 3.79.